The van der Waals surface area contributed by atoms with E-state index in [1.54, 1.807) is 12.1 Å². The van der Waals surface area contributed by atoms with Gasteiger partial charge in [-0.05, 0) is 55.5 Å². The van der Waals surface area contributed by atoms with Crippen molar-refractivity contribution in [1.82, 2.24) is 10.2 Å². The molecule has 1 saturated heterocycles. The lowest BCUT2D eigenvalue weighted by molar-refractivity contribution is -0.186. The van der Waals surface area contributed by atoms with Crippen LogP contribution in [0.15, 0.2) is 67.3 Å². The molecule has 2 N–H and O–H groups in total. The molecule has 7 nitrogen and oxygen atoms in total. The van der Waals surface area contributed by atoms with Crippen molar-refractivity contribution in [2.75, 3.05) is 19.6 Å². The van der Waals surface area contributed by atoms with Gasteiger partial charge in [0.05, 0.1) is 0 Å². The Morgan fingerprint density at radius 2 is 2.00 bits per heavy atom. The third kappa shape index (κ3) is 5.35. The topological polar surface area (TPSA) is 88.1 Å². The van der Waals surface area contributed by atoms with E-state index in [-0.39, 0.29) is 24.4 Å². The number of carbonyl (C=O) groups is 2. The van der Waals surface area contributed by atoms with Crippen molar-refractivity contribution in [2.24, 2.45) is 0 Å². The van der Waals surface area contributed by atoms with E-state index in [0.29, 0.717) is 32.4 Å². The molecule has 7 heteroatoms. The second-order valence-electron chi connectivity index (χ2n) is 9.64. The number of piperidine rings is 1. The maximum Gasteiger partial charge on any atom is 0.407 e. The van der Waals surface area contributed by atoms with Crippen LogP contribution in [0.3, 0.4) is 0 Å². The van der Waals surface area contributed by atoms with Crippen LogP contribution in [-0.4, -0.2) is 53.3 Å². The SMILES string of the molecule is C=CCN1CCC2(c3cccc(O)c3)CC(NC(=O)OCc3ccccc3)CCC2(OC(C)=O)C1. The molecular formula is C28H34N2O5. The zero-order chi connectivity index (χ0) is 24.9. The Bertz CT molecular complexity index is 1060. The number of carbonyl (C=O) groups excluding carboxylic acids is 2. The first-order valence-corrected chi connectivity index (χ1v) is 12.2. The van der Waals surface area contributed by atoms with Crippen molar-refractivity contribution < 1.29 is 24.2 Å². The first kappa shape index (κ1) is 24.8. The monoisotopic (exact) mass is 478 g/mol. The Morgan fingerprint density at radius 1 is 1.20 bits per heavy atom. The molecule has 0 radical (unpaired) electrons. The summed E-state index contributed by atoms with van der Waals surface area (Å²) < 4.78 is 11.6. The lowest BCUT2D eigenvalue weighted by Crippen LogP contribution is -2.68. The number of esters is 1. The molecule has 4 rings (SSSR count). The summed E-state index contributed by atoms with van der Waals surface area (Å²) in [5, 5.41) is 13.3. The van der Waals surface area contributed by atoms with Gasteiger partial charge in [-0.25, -0.2) is 4.79 Å². The average Bonchev–Trinajstić information content (AvgIpc) is 2.83. The minimum Gasteiger partial charge on any atom is -0.508 e. The molecule has 3 atom stereocenters. The van der Waals surface area contributed by atoms with Crippen molar-refractivity contribution in [3.63, 3.8) is 0 Å². The molecule has 3 unspecified atom stereocenters. The van der Waals surface area contributed by atoms with Crippen LogP contribution in [0.2, 0.25) is 0 Å². The molecule has 0 spiro atoms. The smallest absolute Gasteiger partial charge is 0.407 e. The number of phenols is 1. The van der Waals surface area contributed by atoms with Crippen molar-refractivity contribution in [2.45, 2.75) is 56.3 Å². The minimum absolute atomic E-state index is 0.157. The zero-order valence-electron chi connectivity index (χ0n) is 20.2. The number of alkyl carbamates (subject to hydrolysis) is 1. The summed E-state index contributed by atoms with van der Waals surface area (Å²) in [6, 6.07) is 16.6. The van der Waals surface area contributed by atoms with Gasteiger partial charge >= 0.3 is 12.1 Å². The second-order valence-corrected chi connectivity index (χ2v) is 9.64. The molecule has 1 aliphatic carbocycles. The Kier molecular flexibility index (Phi) is 7.45. The molecule has 2 aromatic rings. The van der Waals surface area contributed by atoms with Gasteiger partial charge in [-0.1, -0.05) is 48.5 Å². The summed E-state index contributed by atoms with van der Waals surface area (Å²) in [5.41, 5.74) is 0.497. The van der Waals surface area contributed by atoms with Crippen molar-refractivity contribution >= 4 is 12.1 Å². The average molecular weight is 479 g/mol. The van der Waals surface area contributed by atoms with E-state index in [1.807, 2.05) is 48.5 Å². The molecule has 35 heavy (non-hydrogen) atoms. The van der Waals surface area contributed by atoms with Crippen molar-refractivity contribution in [1.29, 1.82) is 0 Å². The predicted octanol–water partition coefficient (Wildman–Crippen LogP) is 4.30. The fourth-order valence-corrected chi connectivity index (χ4v) is 5.88. The fourth-order valence-electron chi connectivity index (χ4n) is 5.88. The zero-order valence-corrected chi connectivity index (χ0v) is 20.2. The van der Waals surface area contributed by atoms with E-state index >= 15 is 0 Å². The number of ether oxygens (including phenoxy) is 2. The van der Waals surface area contributed by atoms with Crippen LogP contribution in [0.1, 0.15) is 43.7 Å². The number of hydrogen-bond donors (Lipinski definition) is 2. The first-order chi connectivity index (χ1) is 16.9. The third-order valence-corrected chi connectivity index (χ3v) is 7.36. The van der Waals surface area contributed by atoms with Crippen molar-refractivity contribution in [3.8, 4) is 5.75 Å². The molecule has 2 aliphatic rings. The lowest BCUT2D eigenvalue weighted by Gasteiger charge is -2.59. The van der Waals surface area contributed by atoms with Gasteiger partial charge in [0.1, 0.15) is 18.0 Å². The summed E-state index contributed by atoms with van der Waals surface area (Å²) in [7, 11) is 0. The molecule has 2 aromatic carbocycles. The van der Waals surface area contributed by atoms with E-state index in [2.05, 4.69) is 16.8 Å². The maximum atomic E-state index is 12.7. The number of rotatable bonds is 7. The fraction of sp³-hybridized carbons (Fsp3) is 0.429. The second kappa shape index (κ2) is 10.5. The summed E-state index contributed by atoms with van der Waals surface area (Å²) in [5.74, 6) is -0.164. The maximum absolute atomic E-state index is 12.7. The van der Waals surface area contributed by atoms with Crippen LogP contribution >= 0.6 is 0 Å². The molecule has 2 fully saturated rings. The van der Waals surface area contributed by atoms with Gasteiger partial charge in [0.25, 0.3) is 0 Å². The molecule has 1 heterocycles. The molecule has 186 valence electrons. The number of amides is 1. The van der Waals surface area contributed by atoms with Crippen LogP contribution in [0.4, 0.5) is 4.79 Å². The molecule has 1 aliphatic heterocycles. The summed E-state index contributed by atoms with van der Waals surface area (Å²) >= 11 is 0. The highest BCUT2D eigenvalue weighted by atomic mass is 16.6. The van der Waals surface area contributed by atoms with E-state index < -0.39 is 17.1 Å². The Balaban J connectivity index is 1.60. The normalized spacial score (nSPS) is 26.3. The molecule has 0 bridgehead atoms. The number of nitrogens with one attached hydrogen (secondary N) is 1. The number of phenolic OH excluding ortho intramolecular Hbond substituents is 1. The van der Waals surface area contributed by atoms with Gasteiger partial charge in [0.15, 0.2) is 0 Å². The van der Waals surface area contributed by atoms with Gasteiger partial charge < -0.3 is 19.9 Å². The van der Waals surface area contributed by atoms with Gasteiger partial charge in [-0.15, -0.1) is 6.58 Å². The number of likely N-dealkylation sites (tertiary alicyclic amines) is 1. The minimum atomic E-state index is -0.778. The van der Waals surface area contributed by atoms with Crippen LogP contribution in [0.5, 0.6) is 5.75 Å². The highest BCUT2D eigenvalue weighted by Crippen LogP contribution is 2.54. The number of fused-ring (bicyclic) bond motifs is 1. The first-order valence-electron chi connectivity index (χ1n) is 12.2. The van der Waals surface area contributed by atoms with Crippen LogP contribution < -0.4 is 5.32 Å². The van der Waals surface area contributed by atoms with Crippen LogP contribution in [0.25, 0.3) is 0 Å². The number of nitrogens with zero attached hydrogens (tertiary/aromatic N) is 1. The highest BCUT2D eigenvalue weighted by molar-refractivity contribution is 5.68. The Labute approximate surface area is 206 Å². The van der Waals surface area contributed by atoms with E-state index in [0.717, 1.165) is 24.1 Å². The van der Waals surface area contributed by atoms with E-state index in [1.165, 1.54) is 6.92 Å². The number of aromatic hydroxyl groups is 1. The Hall–Kier alpha value is -3.32. The number of hydrogen-bond acceptors (Lipinski definition) is 6. The molecule has 1 saturated carbocycles. The Morgan fingerprint density at radius 3 is 2.71 bits per heavy atom. The third-order valence-electron chi connectivity index (χ3n) is 7.36. The number of benzene rings is 2. The highest BCUT2D eigenvalue weighted by Gasteiger charge is 2.60. The summed E-state index contributed by atoms with van der Waals surface area (Å²) in [6.45, 7) is 7.57. The lowest BCUT2D eigenvalue weighted by atomic mass is 9.55. The van der Waals surface area contributed by atoms with Crippen molar-refractivity contribution in [3.05, 3.63) is 78.4 Å². The standard InChI is InChI=1S/C28H34N2O5/c1-3-15-30-16-14-27(23-10-7-11-25(32)17-23)18-24(12-13-28(27,20-30)35-21(2)31)29-26(33)34-19-22-8-5-4-6-9-22/h3-11,17,24,32H,1,12-16,18-20H2,2H3,(H,29,33). The van der Waals surface area contributed by atoms with Crippen LogP contribution in [-0.2, 0) is 26.3 Å². The van der Waals surface area contributed by atoms with Gasteiger partial charge in [-0.3, -0.25) is 9.69 Å². The quantitative estimate of drug-likeness (QED) is 0.456. The van der Waals surface area contributed by atoms with E-state index in [4.69, 9.17) is 9.47 Å². The van der Waals surface area contributed by atoms with Gasteiger partial charge in [-0.2, -0.15) is 0 Å². The summed E-state index contributed by atoms with van der Waals surface area (Å²) in [6.07, 6.45) is 3.92. The van der Waals surface area contributed by atoms with Gasteiger partial charge in [0.2, 0.25) is 0 Å². The largest absolute Gasteiger partial charge is 0.508 e. The molecule has 1 amide bonds. The van der Waals surface area contributed by atoms with Crippen LogP contribution in [0, 0.1) is 0 Å². The predicted molar refractivity (Wildman–Crippen MR) is 133 cm³/mol. The van der Waals surface area contributed by atoms with E-state index in [9.17, 15) is 14.7 Å². The van der Waals surface area contributed by atoms with Gasteiger partial charge in [0, 0.05) is 31.5 Å². The summed E-state index contributed by atoms with van der Waals surface area (Å²) in [4.78, 5) is 27.3. The molecule has 0 aromatic heterocycles. The molecular weight excluding hydrogens is 444 g/mol.